The largest absolute Gasteiger partial charge is 0.467 e. The Kier molecular flexibility index (Phi) is 7.78. The van der Waals surface area contributed by atoms with Crippen molar-refractivity contribution >= 4 is 29.5 Å². The molecule has 1 aromatic heterocycles. The quantitative estimate of drug-likeness (QED) is 0.188. The van der Waals surface area contributed by atoms with Gasteiger partial charge in [0.25, 0.3) is 0 Å². The van der Waals surface area contributed by atoms with Crippen molar-refractivity contribution in [3.8, 4) is 11.5 Å². The van der Waals surface area contributed by atoms with Gasteiger partial charge in [-0.1, -0.05) is 32.0 Å². The van der Waals surface area contributed by atoms with Crippen molar-refractivity contribution in [2.75, 3.05) is 4.90 Å². The summed E-state index contributed by atoms with van der Waals surface area (Å²) in [6.07, 6.45) is 4.95. The third kappa shape index (κ3) is 5.21. The topological polar surface area (TPSA) is 51.7 Å². The summed E-state index contributed by atoms with van der Waals surface area (Å²) in [5.41, 5.74) is 7.07. The van der Waals surface area contributed by atoms with Crippen LogP contribution >= 0.6 is 12.2 Å². The van der Waals surface area contributed by atoms with Gasteiger partial charge in [-0.25, -0.2) is 4.98 Å². The molecule has 2 heterocycles. The lowest BCUT2D eigenvalue weighted by molar-refractivity contribution is -0.134. The molecule has 0 spiro atoms. The van der Waals surface area contributed by atoms with Gasteiger partial charge in [-0.05, 0) is 88.8 Å². The molecule has 1 unspecified atom stereocenters. The molecule has 178 valence electrons. The first kappa shape index (κ1) is 25.2. The summed E-state index contributed by atoms with van der Waals surface area (Å²) < 4.78 is 12.5. The number of esters is 1. The summed E-state index contributed by atoms with van der Waals surface area (Å²) >= 11 is 5.41. The highest BCUT2D eigenvalue weighted by Gasteiger charge is 2.40. The minimum Gasteiger partial charge on any atom is -0.467 e. The zero-order chi connectivity index (χ0) is 24.3. The van der Waals surface area contributed by atoms with Crippen LogP contribution in [0.25, 0.3) is 0 Å². The first-order valence-electron chi connectivity index (χ1n) is 11.8. The Balaban J connectivity index is 1.94. The molecule has 1 aromatic carbocycles. The van der Waals surface area contributed by atoms with Gasteiger partial charge >= 0.3 is 5.97 Å². The summed E-state index contributed by atoms with van der Waals surface area (Å²) in [6, 6.07) is 4.08. The maximum Gasteiger partial charge on any atom is 0.311 e. The molecule has 2 aromatic rings. The third-order valence-corrected chi connectivity index (χ3v) is 6.83. The summed E-state index contributed by atoms with van der Waals surface area (Å²) in [6.45, 7) is 14.3. The number of carbonyl (C=O) groups excluding carboxylic acids is 1. The van der Waals surface area contributed by atoms with E-state index in [0.29, 0.717) is 12.2 Å². The van der Waals surface area contributed by atoms with Crippen LogP contribution in [-0.4, -0.2) is 22.2 Å². The molecule has 1 aliphatic rings. The number of rotatable bonds is 8. The Morgan fingerprint density at radius 3 is 2.55 bits per heavy atom. The average molecular weight is 469 g/mol. The van der Waals surface area contributed by atoms with Gasteiger partial charge in [0, 0.05) is 24.1 Å². The molecule has 0 fully saturated rings. The predicted molar refractivity (Wildman–Crippen MR) is 138 cm³/mol. The second kappa shape index (κ2) is 10.2. The second-order valence-electron chi connectivity index (χ2n) is 9.34. The molecule has 0 bridgehead atoms. The maximum atomic E-state index is 12.4. The average Bonchev–Trinajstić information content (AvgIpc) is 2.75. The van der Waals surface area contributed by atoms with Crippen molar-refractivity contribution in [2.24, 2.45) is 0 Å². The van der Waals surface area contributed by atoms with E-state index < -0.39 is 5.72 Å². The van der Waals surface area contributed by atoms with Gasteiger partial charge in [-0.15, -0.1) is 0 Å². The molecule has 0 radical (unpaired) electrons. The van der Waals surface area contributed by atoms with E-state index in [1.165, 1.54) is 0 Å². The number of nitrogens with zero attached hydrogens (tertiary/aromatic N) is 2. The number of carbonyl (C=O) groups is 1. The number of thiocarbonyl (C=S) groups is 1. The van der Waals surface area contributed by atoms with Crippen molar-refractivity contribution in [3.05, 3.63) is 45.6 Å². The SMILES string of the molecule is CCCCCC(=O)Oc1c(C)c(C)c2c(c1C)CCC(C)(N(C=S)c1cc(C)cc(C)n1)O2. The number of aromatic nitrogens is 1. The lowest BCUT2D eigenvalue weighted by Crippen LogP contribution is -2.53. The van der Waals surface area contributed by atoms with Crippen LogP contribution in [0.2, 0.25) is 0 Å². The van der Waals surface area contributed by atoms with E-state index in [2.05, 4.69) is 20.8 Å². The Bertz CT molecular complexity index is 1050. The molecular weight excluding hydrogens is 432 g/mol. The van der Waals surface area contributed by atoms with Crippen LogP contribution in [0.5, 0.6) is 11.5 Å². The van der Waals surface area contributed by atoms with Crippen LogP contribution in [-0.2, 0) is 11.2 Å². The number of anilines is 1. The smallest absolute Gasteiger partial charge is 0.311 e. The summed E-state index contributed by atoms with van der Waals surface area (Å²) in [5, 5.41) is 0. The van der Waals surface area contributed by atoms with E-state index in [1.54, 1.807) is 5.49 Å². The highest BCUT2D eigenvalue weighted by molar-refractivity contribution is 7.79. The Morgan fingerprint density at radius 1 is 1.18 bits per heavy atom. The zero-order valence-electron chi connectivity index (χ0n) is 21.0. The lowest BCUT2D eigenvalue weighted by Gasteiger charge is -2.44. The number of hydrogen-bond acceptors (Lipinski definition) is 5. The van der Waals surface area contributed by atoms with E-state index in [1.807, 2.05) is 44.7 Å². The van der Waals surface area contributed by atoms with Crippen LogP contribution in [0.4, 0.5) is 5.82 Å². The van der Waals surface area contributed by atoms with Crippen LogP contribution < -0.4 is 14.4 Å². The lowest BCUT2D eigenvalue weighted by atomic mass is 9.89. The molecule has 0 N–H and O–H groups in total. The minimum atomic E-state index is -0.663. The van der Waals surface area contributed by atoms with Gasteiger partial charge in [-0.3, -0.25) is 9.69 Å². The standard InChI is InChI=1S/C27H36N2O3S/c1-8-9-10-11-24(30)31-25-19(4)20(5)26-22(21(25)6)12-13-27(7,32-26)29(16-33)23-15-17(2)14-18(3)28-23/h14-16H,8-13H2,1-7H3. The first-order valence-corrected chi connectivity index (χ1v) is 12.3. The fraction of sp³-hybridized carbons (Fsp3) is 0.519. The van der Waals surface area contributed by atoms with Crippen LogP contribution in [0.3, 0.4) is 0 Å². The minimum absolute atomic E-state index is 0.164. The van der Waals surface area contributed by atoms with Crippen LogP contribution in [0.15, 0.2) is 12.1 Å². The third-order valence-electron chi connectivity index (χ3n) is 6.62. The van der Waals surface area contributed by atoms with E-state index in [4.69, 9.17) is 26.7 Å². The van der Waals surface area contributed by atoms with Gasteiger partial charge in [0.15, 0.2) is 5.72 Å². The summed E-state index contributed by atoms with van der Waals surface area (Å²) in [5.74, 6) is 2.17. The molecule has 3 rings (SSSR count). The van der Waals surface area contributed by atoms with E-state index >= 15 is 0 Å². The van der Waals surface area contributed by atoms with Crippen molar-refractivity contribution in [1.29, 1.82) is 0 Å². The number of ether oxygens (including phenoxy) is 2. The van der Waals surface area contributed by atoms with E-state index in [0.717, 1.165) is 77.2 Å². The zero-order valence-corrected chi connectivity index (χ0v) is 21.8. The Hall–Kier alpha value is -2.47. The first-order chi connectivity index (χ1) is 15.6. The molecule has 6 heteroatoms. The molecule has 0 aliphatic carbocycles. The maximum absolute atomic E-state index is 12.4. The number of benzene rings is 1. The normalized spacial score (nSPS) is 17.2. The molecule has 0 saturated carbocycles. The molecule has 1 atom stereocenters. The highest BCUT2D eigenvalue weighted by Crippen LogP contribution is 2.45. The van der Waals surface area contributed by atoms with Crippen LogP contribution in [0, 0.1) is 34.6 Å². The molecular formula is C27H36N2O3S. The van der Waals surface area contributed by atoms with Gasteiger partial charge < -0.3 is 9.47 Å². The predicted octanol–water partition coefficient (Wildman–Crippen LogP) is 6.61. The Morgan fingerprint density at radius 2 is 1.91 bits per heavy atom. The summed E-state index contributed by atoms with van der Waals surface area (Å²) in [4.78, 5) is 19.1. The van der Waals surface area contributed by atoms with Gasteiger partial charge in [0.05, 0.1) is 5.49 Å². The fourth-order valence-corrected chi connectivity index (χ4v) is 4.91. The molecule has 33 heavy (non-hydrogen) atoms. The molecule has 0 saturated heterocycles. The van der Waals surface area contributed by atoms with E-state index in [9.17, 15) is 4.79 Å². The van der Waals surface area contributed by atoms with Gasteiger partial charge in [-0.2, -0.15) is 0 Å². The fourth-order valence-electron chi connectivity index (χ4n) is 4.58. The molecule has 5 nitrogen and oxygen atoms in total. The molecule has 1 aliphatic heterocycles. The summed E-state index contributed by atoms with van der Waals surface area (Å²) in [7, 11) is 0. The number of aryl methyl sites for hydroxylation is 2. The van der Waals surface area contributed by atoms with Crippen molar-refractivity contribution in [2.45, 2.75) is 92.7 Å². The van der Waals surface area contributed by atoms with Crippen molar-refractivity contribution in [3.63, 3.8) is 0 Å². The van der Waals surface area contributed by atoms with Crippen molar-refractivity contribution in [1.82, 2.24) is 4.98 Å². The van der Waals surface area contributed by atoms with Crippen LogP contribution in [0.1, 0.15) is 79.5 Å². The number of hydrogen-bond donors (Lipinski definition) is 0. The number of pyridine rings is 1. The Labute approximate surface area is 203 Å². The second-order valence-corrected chi connectivity index (χ2v) is 9.55. The number of fused-ring (bicyclic) bond motifs is 1. The highest BCUT2D eigenvalue weighted by atomic mass is 32.1. The van der Waals surface area contributed by atoms with Crippen molar-refractivity contribution < 1.29 is 14.3 Å². The molecule has 0 amide bonds. The monoisotopic (exact) mass is 468 g/mol. The van der Waals surface area contributed by atoms with Gasteiger partial charge in [0.1, 0.15) is 17.3 Å². The van der Waals surface area contributed by atoms with Gasteiger partial charge in [0.2, 0.25) is 0 Å². The van der Waals surface area contributed by atoms with E-state index in [-0.39, 0.29) is 5.97 Å². The number of unbranched alkanes of at least 4 members (excludes halogenated alkanes) is 2.